The van der Waals surface area contributed by atoms with Gasteiger partial charge in [0.1, 0.15) is 0 Å². The van der Waals surface area contributed by atoms with Crippen molar-refractivity contribution in [1.82, 2.24) is 9.97 Å². The minimum absolute atomic E-state index is 0.388. The van der Waals surface area contributed by atoms with Gasteiger partial charge in [0.25, 0.3) is 0 Å². The molecule has 0 aliphatic rings. The number of H-pyrrole nitrogens is 2. The summed E-state index contributed by atoms with van der Waals surface area (Å²) in [7, 11) is 0. The molecule has 0 saturated heterocycles. The molecule has 0 saturated carbocycles. The Bertz CT molecular complexity index is 314. The Morgan fingerprint density at radius 1 is 1.60 bits per heavy atom. The van der Waals surface area contributed by atoms with Crippen LogP contribution in [-0.2, 0) is 6.42 Å². The average molecular weight is 153 g/mol. The molecule has 52 valence electrons. The first-order valence-electron chi connectivity index (χ1n) is 2.88. The minimum Gasteiger partial charge on any atom is -0.335 e. The van der Waals surface area contributed by atoms with Gasteiger partial charge in [-0.1, -0.05) is 0 Å². The van der Waals surface area contributed by atoms with E-state index in [4.69, 9.17) is 17.5 Å². The van der Waals surface area contributed by atoms with E-state index in [1.807, 2.05) is 13.0 Å². The molecule has 0 atom stereocenters. The van der Waals surface area contributed by atoms with E-state index in [9.17, 15) is 0 Å². The van der Waals surface area contributed by atoms with Crippen LogP contribution < -0.4 is 0 Å². The summed E-state index contributed by atoms with van der Waals surface area (Å²) in [6.45, 7) is 1.89. The molecule has 0 aromatic carbocycles. The zero-order chi connectivity index (χ0) is 7.56. The van der Waals surface area contributed by atoms with Gasteiger partial charge in [-0.05, 0) is 19.1 Å². The molecule has 0 fully saturated rings. The van der Waals surface area contributed by atoms with Crippen LogP contribution in [0.25, 0.3) is 0 Å². The van der Waals surface area contributed by atoms with Gasteiger partial charge >= 0.3 is 0 Å². The molecule has 1 heterocycles. The van der Waals surface area contributed by atoms with E-state index >= 15 is 0 Å². The van der Waals surface area contributed by atoms with E-state index < -0.39 is 0 Å². The SMILES string of the molecule is Cc1[nH]c(=S)[nH]c1CC#N. The monoisotopic (exact) mass is 153 g/mol. The normalized spacial score (nSPS) is 9.20. The van der Waals surface area contributed by atoms with Crippen molar-refractivity contribution in [1.29, 1.82) is 5.26 Å². The van der Waals surface area contributed by atoms with Crippen molar-refractivity contribution in [2.45, 2.75) is 13.3 Å². The zero-order valence-corrected chi connectivity index (χ0v) is 6.38. The highest BCUT2D eigenvalue weighted by Crippen LogP contribution is 2.01. The molecule has 1 rings (SSSR count). The number of hydrogen-bond donors (Lipinski definition) is 2. The molecule has 0 spiro atoms. The maximum absolute atomic E-state index is 8.34. The van der Waals surface area contributed by atoms with E-state index in [1.54, 1.807) is 0 Å². The number of imidazole rings is 1. The third-order valence-electron chi connectivity index (χ3n) is 1.27. The van der Waals surface area contributed by atoms with E-state index in [1.165, 1.54) is 0 Å². The third kappa shape index (κ3) is 1.25. The van der Waals surface area contributed by atoms with Gasteiger partial charge in [0.15, 0.2) is 4.77 Å². The van der Waals surface area contributed by atoms with Crippen molar-refractivity contribution in [3.8, 4) is 6.07 Å². The predicted molar refractivity (Wildman–Crippen MR) is 40.0 cm³/mol. The fourth-order valence-electron chi connectivity index (χ4n) is 0.764. The Kier molecular flexibility index (Phi) is 1.88. The second kappa shape index (κ2) is 2.67. The molecule has 0 amide bonds. The van der Waals surface area contributed by atoms with Crippen LogP contribution in [0.2, 0.25) is 0 Å². The molecule has 3 nitrogen and oxygen atoms in total. The lowest BCUT2D eigenvalue weighted by molar-refractivity contribution is 1.12. The summed E-state index contributed by atoms with van der Waals surface area (Å²) in [6.07, 6.45) is 0.388. The van der Waals surface area contributed by atoms with Gasteiger partial charge in [-0.15, -0.1) is 0 Å². The fraction of sp³-hybridized carbons (Fsp3) is 0.333. The van der Waals surface area contributed by atoms with Crippen LogP contribution >= 0.6 is 12.2 Å². The van der Waals surface area contributed by atoms with Gasteiger partial charge in [-0.25, -0.2) is 0 Å². The van der Waals surface area contributed by atoms with Crippen molar-refractivity contribution in [3.63, 3.8) is 0 Å². The molecule has 1 aromatic rings. The molecule has 0 aliphatic carbocycles. The average Bonchev–Trinajstić information content (AvgIpc) is 2.13. The summed E-state index contributed by atoms with van der Waals surface area (Å²) in [5.74, 6) is 0. The van der Waals surface area contributed by atoms with Crippen molar-refractivity contribution >= 4 is 12.2 Å². The maximum atomic E-state index is 8.34. The highest BCUT2D eigenvalue weighted by molar-refractivity contribution is 7.71. The lowest BCUT2D eigenvalue weighted by atomic mass is 10.3. The molecule has 10 heavy (non-hydrogen) atoms. The van der Waals surface area contributed by atoms with E-state index in [-0.39, 0.29) is 0 Å². The summed E-state index contributed by atoms with van der Waals surface area (Å²) in [5, 5.41) is 8.34. The third-order valence-corrected chi connectivity index (χ3v) is 1.48. The summed E-state index contributed by atoms with van der Waals surface area (Å²) in [4.78, 5) is 5.78. The number of aromatic nitrogens is 2. The van der Waals surface area contributed by atoms with E-state index in [2.05, 4.69) is 9.97 Å². The smallest absolute Gasteiger partial charge is 0.174 e. The Morgan fingerprint density at radius 2 is 2.30 bits per heavy atom. The van der Waals surface area contributed by atoms with Gasteiger partial charge in [0, 0.05) is 5.69 Å². The molecular formula is C6H7N3S. The molecule has 0 aliphatic heterocycles. The number of nitrogens with one attached hydrogen (secondary N) is 2. The predicted octanol–water partition coefficient (Wildman–Crippen LogP) is 1.45. The van der Waals surface area contributed by atoms with Crippen LogP contribution in [0.5, 0.6) is 0 Å². The van der Waals surface area contributed by atoms with Crippen LogP contribution in [0.3, 0.4) is 0 Å². The summed E-state index contributed by atoms with van der Waals surface area (Å²) < 4.78 is 0.586. The highest BCUT2D eigenvalue weighted by Gasteiger charge is 1.97. The Labute approximate surface area is 63.7 Å². The van der Waals surface area contributed by atoms with Crippen LogP contribution in [0.4, 0.5) is 0 Å². The standard InChI is InChI=1S/C6H7N3S/c1-4-5(2-3-7)9-6(10)8-4/h2H2,1H3,(H2,8,9,10). The number of nitriles is 1. The van der Waals surface area contributed by atoms with Crippen LogP contribution in [0, 0.1) is 23.0 Å². The second-order valence-corrected chi connectivity index (χ2v) is 2.43. The topological polar surface area (TPSA) is 55.4 Å². The Hall–Kier alpha value is -1.08. The number of aromatic amines is 2. The molecule has 0 radical (unpaired) electrons. The summed E-state index contributed by atoms with van der Waals surface area (Å²) in [5.41, 5.74) is 1.83. The number of rotatable bonds is 1. The quantitative estimate of drug-likeness (QED) is 0.600. The van der Waals surface area contributed by atoms with Crippen molar-refractivity contribution in [2.75, 3.05) is 0 Å². The molecule has 2 N–H and O–H groups in total. The minimum atomic E-state index is 0.388. The fourth-order valence-corrected chi connectivity index (χ4v) is 1.04. The Balaban J connectivity index is 3.06. The second-order valence-electron chi connectivity index (χ2n) is 2.02. The van der Waals surface area contributed by atoms with Gasteiger partial charge < -0.3 is 9.97 Å². The van der Waals surface area contributed by atoms with Gasteiger partial charge in [-0.2, -0.15) is 5.26 Å². The zero-order valence-electron chi connectivity index (χ0n) is 5.56. The molecule has 1 aromatic heterocycles. The number of nitrogens with zero attached hydrogens (tertiary/aromatic N) is 1. The van der Waals surface area contributed by atoms with Gasteiger partial charge in [-0.3, -0.25) is 0 Å². The van der Waals surface area contributed by atoms with E-state index in [0.717, 1.165) is 11.4 Å². The molecule has 0 unspecified atom stereocenters. The van der Waals surface area contributed by atoms with Crippen molar-refractivity contribution in [2.24, 2.45) is 0 Å². The molecule has 0 bridgehead atoms. The number of aryl methyl sites for hydroxylation is 1. The first-order chi connectivity index (χ1) is 4.74. The van der Waals surface area contributed by atoms with Crippen LogP contribution in [0.1, 0.15) is 11.4 Å². The maximum Gasteiger partial charge on any atom is 0.174 e. The van der Waals surface area contributed by atoms with Crippen LogP contribution in [0.15, 0.2) is 0 Å². The first-order valence-corrected chi connectivity index (χ1v) is 3.29. The molecule has 4 heteroatoms. The lowest BCUT2D eigenvalue weighted by Gasteiger charge is -1.86. The van der Waals surface area contributed by atoms with Crippen molar-refractivity contribution < 1.29 is 0 Å². The first kappa shape index (κ1) is 7.03. The number of hydrogen-bond acceptors (Lipinski definition) is 2. The lowest BCUT2D eigenvalue weighted by Crippen LogP contribution is -1.83. The largest absolute Gasteiger partial charge is 0.335 e. The van der Waals surface area contributed by atoms with Crippen molar-refractivity contribution in [3.05, 3.63) is 16.2 Å². The highest BCUT2D eigenvalue weighted by atomic mass is 32.1. The van der Waals surface area contributed by atoms with Crippen LogP contribution in [-0.4, -0.2) is 9.97 Å². The van der Waals surface area contributed by atoms with E-state index in [0.29, 0.717) is 11.2 Å². The van der Waals surface area contributed by atoms with Gasteiger partial charge in [0.2, 0.25) is 0 Å². The van der Waals surface area contributed by atoms with Gasteiger partial charge in [0.05, 0.1) is 18.2 Å². The summed E-state index contributed by atoms with van der Waals surface area (Å²) in [6, 6.07) is 2.04. The summed E-state index contributed by atoms with van der Waals surface area (Å²) >= 11 is 4.81. The molecular weight excluding hydrogens is 146 g/mol. The Morgan fingerprint density at radius 3 is 2.70 bits per heavy atom.